The van der Waals surface area contributed by atoms with E-state index in [1.807, 2.05) is 16.7 Å². The standard InChI is InChI=1S/C28H27ClN6O9S2/c1-13(26(39)40)44-32-20(21-23(29)46-28(30)31-21)19(37)8-16-24(38)35-22(27(41)42)14(12-45-25(16)35)9-33-6-3-4-17-18(33)5-7-34(17)10-15(36)11-43-2/h3-7,13,16,25H,8-12H2,1-2H3,(H3-,30,31,39,40,41,42)/p+1/b32-20+/t13-,16+,25+/m0/s1. The number of Topliss-reactive ketones (excluding diaryl/α,β-unsaturated/α-hetero) is 2. The summed E-state index contributed by atoms with van der Waals surface area (Å²) in [7, 11) is 1.45. The van der Waals surface area contributed by atoms with Crippen molar-refractivity contribution in [2.45, 2.75) is 37.9 Å². The van der Waals surface area contributed by atoms with Crippen molar-refractivity contribution in [1.82, 2.24) is 14.5 Å². The average Bonchev–Trinajstić information content (AvgIpc) is 3.57. The molecule has 242 valence electrons. The first kappa shape index (κ1) is 33.1. The summed E-state index contributed by atoms with van der Waals surface area (Å²) in [5, 5.41) is 22.4. The zero-order valence-corrected chi connectivity index (χ0v) is 26.8. The molecule has 0 spiro atoms. The van der Waals surface area contributed by atoms with Crippen LogP contribution in [0.2, 0.25) is 4.34 Å². The van der Waals surface area contributed by atoms with Crippen LogP contribution >= 0.6 is 34.7 Å². The molecule has 0 saturated carbocycles. The number of halogens is 1. The minimum Gasteiger partial charge on any atom is -0.478 e. The first-order valence-electron chi connectivity index (χ1n) is 13.7. The van der Waals surface area contributed by atoms with Crippen molar-refractivity contribution < 1.29 is 48.3 Å². The first-order chi connectivity index (χ1) is 21.9. The van der Waals surface area contributed by atoms with Crippen molar-refractivity contribution >= 4 is 86.0 Å². The number of methoxy groups -OCH3 is 1. The van der Waals surface area contributed by atoms with Gasteiger partial charge in [0.2, 0.25) is 17.5 Å². The minimum atomic E-state index is -1.39. The molecule has 1 saturated heterocycles. The Bertz CT molecular complexity index is 1820. The third kappa shape index (κ3) is 6.48. The summed E-state index contributed by atoms with van der Waals surface area (Å²) in [6.07, 6.45) is 1.78. The number of aliphatic carboxylic acids is 2. The molecule has 0 radical (unpaired) electrons. The fraction of sp³-hybridized carbons (Fsp3) is 0.357. The molecular weight excluding hydrogens is 664 g/mol. The fourth-order valence-electron chi connectivity index (χ4n) is 5.20. The number of hydrogen-bond acceptors (Lipinski definition) is 12. The average molecular weight is 692 g/mol. The molecule has 4 N–H and O–H groups in total. The van der Waals surface area contributed by atoms with Gasteiger partial charge in [-0.05, 0) is 13.0 Å². The molecule has 15 nitrogen and oxygen atoms in total. The molecule has 2 aliphatic heterocycles. The number of ether oxygens (including phenoxy) is 1. The van der Waals surface area contributed by atoms with Crippen molar-refractivity contribution in [2.24, 2.45) is 11.1 Å². The summed E-state index contributed by atoms with van der Waals surface area (Å²) in [5.74, 6) is -4.59. The predicted octanol–water partition coefficient (Wildman–Crippen LogP) is 1.56. The summed E-state index contributed by atoms with van der Waals surface area (Å²) in [6, 6.07) is 5.47. The number of pyridine rings is 1. The number of carbonyl (C=O) groups excluding carboxylic acids is 3. The highest BCUT2D eigenvalue weighted by atomic mass is 35.5. The van der Waals surface area contributed by atoms with E-state index < -0.39 is 46.7 Å². The van der Waals surface area contributed by atoms with E-state index in [0.717, 1.165) is 22.4 Å². The molecule has 5 heterocycles. The van der Waals surface area contributed by atoms with Gasteiger partial charge in [0, 0.05) is 43.2 Å². The number of aromatic nitrogens is 3. The van der Waals surface area contributed by atoms with Crippen LogP contribution in [0.4, 0.5) is 5.13 Å². The number of oxime groups is 1. The number of thioether (sulfide) groups is 1. The summed E-state index contributed by atoms with van der Waals surface area (Å²) in [4.78, 5) is 72.9. The van der Waals surface area contributed by atoms with Crippen molar-refractivity contribution in [3.63, 3.8) is 0 Å². The van der Waals surface area contributed by atoms with Crippen LogP contribution < -0.4 is 10.3 Å². The molecule has 0 aromatic carbocycles. The van der Waals surface area contributed by atoms with E-state index >= 15 is 0 Å². The molecule has 5 rings (SSSR count). The molecule has 1 fully saturated rings. The van der Waals surface area contributed by atoms with Gasteiger partial charge in [-0.25, -0.2) is 14.6 Å². The number of nitrogens with zero attached hydrogens (tertiary/aromatic N) is 5. The van der Waals surface area contributed by atoms with Gasteiger partial charge in [0.25, 0.3) is 0 Å². The number of β-lactam (4-membered cyclic amide) rings is 1. The molecular formula is C28H28ClN6O9S2+. The van der Waals surface area contributed by atoms with Gasteiger partial charge in [0.1, 0.15) is 27.9 Å². The molecule has 3 aromatic rings. The van der Waals surface area contributed by atoms with E-state index in [0.29, 0.717) is 5.57 Å². The van der Waals surface area contributed by atoms with Gasteiger partial charge in [-0.2, -0.15) is 4.57 Å². The highest BCUT2D eigenvalue weighted by molar-refractivity contribution is 8.00. The number of nitrogen functional groups attached to an aromatic ring is 1. The van der Waals surface area contributed by atoms with Crippen LogP contribution in [0.3, 0.4) is 0 Å². The Hall–Kier alpha value is -4.32. The number of amides is 1. The number of fused-ring (bicyclic) bond motifs is 2. The van der Waals surface area contributed by atoms with Crippen LogP contribution in [-0.2, 0) is 46.6 Å². The molecule has 0 bridgehead atoms. The molecule has 2 aliphatic rings. The number of anilines is 1. The number of thiazole rings is 1. The monoisotopic (exact) mass is 691 g/mol. The van der Waals surface area contributed by atoms with Gasteiger partial charge in [0.05, 0.1) is 17.8 Å². The minimum absolute atomic E-state index is 0.0186. The van der Waals surface area contributed by atoms with E-state index in [1.165, 1.54) is 30.7 Å². The SMILES string of the molecule is COCC(=O)Cn1ccc2c1ccc[n+]2CC1=C(C(=O)O)N2C(=O)[C@@H](CC(=O)/C(=N\O[C@@H](C)C(=O)O)c3nc(N)sc3Cl)[C@H]2SC1. The normalized spacial score (nSPS) is 18.7. The van der Waals surface area contributed by atoms with E-state index in [4.69, 9.17) is 32.0 Å². The lowest BCUT2D eigenvalue weighted by Crippen LogP contribution is -2.62. The Labute approximate surface area is 274 Å². The van der Waals surface area contributed by atoms with Gasteiger partial charge in [-0.1, -0.05) is 28.1 Å². The molecule has 1 amide bonds. The third-order valence-electron chi connectivity index (χ3n) is 7.33. The topological polar surface area (TPSA) is 208 Å². The smallest absolute Gasteiger partial charge is 0.352 e. The summed E-state index contributed by atoms with van der Waals surface area (Å²) in [5.41, 5.74) is 7.09. The summed E-state index contributed by atoms with van der Waals surface area (Å²) >= 11 is 8.39. The molecule has 18 heteroatoms. The van der Waals surface area contributed by atoms with Gasteiger partial charge in [0.15, 0.2) is 35.2 Å². The summed E-state index contributed by atoms with van der Waals surface area (Å²) in [6.45, 7) is 1.48. The Morgan fingerprint density at radius 2 is 2.04 bits per heavy atom. The molecule has 0 aliphatic carbocycles. The predicted molar refractivity (Wildman–Crippen MR) is 166 cm³/mol. The summed E-state index contributed by atoms with van der Waals surface area (Å²) < 4.78 is 8.58. The van der Waals surface area contributed by atoms with Crippen molar-refractivity contribution in [2.75, 3.05) is 25.2 Å². The van der Waals surface area contributed by atoms with Crippen LogP contribution in [0.25, 0.3) is 11.0 Å². The number of nitrogens with two attached hydrogens (primary N) is 1. The van der Waals surface area contributed by atoms with Crippen molar-refractivity contribution in [3.05, 3.63) is 51.9 Å². The van der Waals surface area contributed by atoms with E-state index in [2.05, 4.69) is 10.1 Å². The van der Waals surface area contributed by atoms with Crippen LogP contribution in [0.5, 0.6) is 0 Å². The molecule has 3 atom stereocenters. The second kappa shape index (κ2) is 13.6. The van der Waals surface area contributed by atoms with Crippen LogP contribution in [-0.4, -0.2) is 90.7 Å². The Kier molecular flexibility index (Phi) is 9.76. The number of carboxylic acids is 2. The Morgan fingerprint density at radius 1 is 1.28 bits per heavy atom. The lowest BCUT2D eigenvalue weighted by atomic mass is 9.89. The maximum atomic E-state index is 13.4. The van der Waals surface area contributed by atoms with Gasteiger partial charge in [-0.15, -0.1) is 11.8 Å². The number of hydrogen-bond donors (Lipinski definition) is 3. The number of carbonyl (C=O) groups is 5. The maximum absolute atomic E-state index is 13.4. The zero-order chi connectivity index (χ0) is 33.3. The van der Waals surface area contributed by atoms with Gasteiger partial charge >= 0.3 is 11.9 Å². The molecule has 3 aromatic heterocycles. The second-order valence-electron chi connectivity index (χ2n) is 10.4. The quantitative estimate of drug-likeness (QED) is 0.0953. The number of ketones is 2. The van der Waals surface area contributed by atoms with E-state index in [1.54, 1.807) is 23.0 Å². The highest BCUT2D eigenvalue weighted by Gasteiger charge is 2.54. The lowest BCUT2D eigenvalue weighted by molar-refractivity contribution is -0.663. The largest absolute Gasteiger partial charge is 0.478 e. The first-order valence-corrected chi connectivity index (χ1v) is 16.0. The molecule has 46 heavy (non-hydrogen) atoms. The molecule has 0 unspecified atom stereocenters. The fourth-order valence-corrected chi connectivity index (χ4v) is 7.53. The van der Waals surface area contributed by atoms with E-state index in [-0.39, 0.29) is 58.5 Å². The Morgan fingerprint density at radius 3 is 2.70 bits per heavy atom. The third-order valence-corrected chi connectivity index (χ3v) is 9.81. The van der Waals surface area contributed by atoms with Crippen molar-refractivity contribution in [3.8, 4) is 0 Å². The second-order valence-corrected chi connectivity index (χ2v) is 13.2. The highest BCUT2D eigenvalue weighted by Crippen LogP contribution is 2.45. The zero-order valence-electron chi connectivity index (χ0n) is 24.4. The number of rotatable bonds is 14. The number of carboxylic acid groups (broad SMARTS) is 2. The van der Waals surface area contributed by atoms with Crippen molar-refractivity contribution in [1.29, 1.82) is 0 Å². The van der Waals surface area contributed by atoms with Crippen LogP contribution in [0.1, 0.15) is 19.0 Å². The lowest BCUT2D eigenvalue weighted by Gasteiger charge is -2.49. The van der Waals surface area contributed by atoms with Gasteiger partial charge in [-0.3, -0.25) is 19.3 Å². The van der Waals surface area contributed by atoms with E-state index in [9.17, 15) is 29.1 Å². The maximum Gasteiger partial charge on any atom is 0.352 e. The van der Waals surface area contributed by atoms with Crippen LogP contribution in [0.15, 0.2) is 47.0 Å². The van der Waals surface area contributed by atoms with Gasteiger partial charge < -0.3 is 30.1 Å². The van der Waals surface area contributed by atoms with Crippen LogP contribution in [0, 0.1) is 5.92 Å². The Balaban J connectivity index is 1.37.